The lowest BCUT2D eigenvalue weighted by Crippen LogP contribution is -2.19. The van der Waals surface area contributed by atoms with Crippen LogP contribution >= 0.6 is 0 Å². The molecular formula is C9H12O. The van der Waals surface area contributed by atoms with E-state index in [1.807, 2.05) is 0 Å². The molecular weight excluding hydrogens is 124 g/mol. The van der Waals surface area contributed by atoms with E-state index < -0.39 is 0 Å². The minimum Gasteiger partial charge on any atom is -0.299 e. The molecule has 0 aromatic rings. The van der Waals surface area contributed by atoms with Crippen molar-refractivity contribution in [2.75, 3.05) is 0 Å². The Morgan fingerprint density at radius 3 is 3.00 bits per heavy atom. The van der Waals surface area contributed by atoms with Gasteiger partial charge >= 0.3 is 0 Å². The molecule has 3 rings (SSSR count). The molecule has 1 heteroatoms. The van der Waals surface area contributed by atoms with Gasteiger partial charge in [-0.05, 0) is 37.5 Å². The number of fused-ring (bicyclic) bond motifs is 4. The van der Waals surface area contributed by atoms with Crippen molar-refractivity contribution in [2.24, 2.45) is 23.7 Å². The first-order valence-corrected chi connectivity index (χ1v) is 4.40. The topological polar surface area (TPSA) is 17.1 Å². The number of carbonyl (C=O) groups is 1. The summed E-state index contributed by atoms with van der Waals surface area (Å²) in [7, 11) is 0. The maximum absolute atomic E-state index is 11.4. The number of Topliss-reactive ketones (excluding diaryl/α,β-unsaturated/α-hetero) is 1. The summed E-state index contributed by atoms with van der Waals surface area (Å²) in [6, 6.07) is 0. The molecule has 0 aromatic carbocycles. The Balaban J connectivity index is 1.98. The Kier molecular flexibility index (Phi) is 0.781. The molecule has 3 fully saturated rings. The first kappa shape index (κ1) is 5.34. The van der Waals surface area contributed by atoms with Crippen molar-refractivity contribution in [3.8, 4) is 0 Å². The highest BCUT2D eigenvalue weighted by molar-refractivity contribution is 5.87. The van der Waals surface area contributed by atoms with Gasteiger partial charge in [0.1, 0.15) is 5.78 Å². The lowest BCUT2D eigenvalue weighted by molar-refractivity contribution is -0.125. The van der Waals surface area contributed by atoms with E-state index in [1.54, 1.807) is 0 Å². The van der Waals surface area contributed by atoms with Crippen molar-refractivity contribution < 1.29 is 4.79 Å². The molecule has 2 bridgehead atoms. The molecule has 0 saturated heterocycles. The molecule has 54 valence electrons. The minimum atomic E-state index is 0.508. The fraction of sp³-hybridized carbons (Fsp3) is 0.889. The second kappa shape index (κ2) is 1.46. The van der Waals surface area contributed by atoms with Crippen molar-refractivity contribution >= 4 is 5.78 Å². The number of carbonyl (C=O) groups excluding carboxylic acids is 1. The van der Waals surface area contributed by atoms with Gasteiger partial charge in [0, 0.05) is 11.8 Å². The molecule has 0 heterocycles. The number of ketones is 1. The molecule has 0 unspecified atom stereocenters. The highest BCUT2D eigenvalue weighted by atomic mass is 16.1. The van der Waals surface area contributed by atoms with Gasteiger partial charge in [0.15, 0.2) is 0 Å². The van der Waals surface area contributed by atoms with Gasteiger partial charge in [0.2, 0.25) is 0 Å². The Bertz CT molecular complexity index is 197. The van der Waals surface area contributed by atoms with Gasteiger partial charge in [0.05, 0.1) is 0 Å². The number of rotatable bonds is 0. The monoisotopic (exact) mass is 136 g/mol. The molecule has 3 aliphatic carbocycles. The molecule has 10 heavy (non-hydrogen) atoms. The van der Waals surface area contributed by atoms with E-state index >= 15 is 0 Å². The highest BCUT2D eigenvalue weighted by Crippen LogP contribution is 2.58. The number of hydrogen-bond acceptors (Lipinski definition) is 1. The highest BCUT2D eigenvalue weighted by Gasteiger charge is 2.56. The molecule has 0 N–H and O–H groups in total. The average molecular weight is 136 g/mol. The van der Waals surface area contributed by atoms with E-state index in [0.29, 0.717) is 17.6 Å². The van der Waals surface area contributed by atoms with Gasteiger partial charge in [-0.15, -0.1) is 0 Å². The van der Waals surface area contributed by atoms with Crippen LogP contribution in [-0.4, -0.2) is 5.78 Å². The normalized spacial score (nSPS) is 56.6. The first-order chi connectivity index (χ1) is 4.86. The lowest BCUT2D eigenvalue weighted by Gasteiger charge is -2.15. The van der Waals surface area contributed by atoms with E-state index in [1.165, 1.54) is 25.7 Å². The van der Waals surface area contributed by atoms with E-state index in [9.17, 15) is 4.79 Å². The van der Waals surface area contributed by atoms with Crippen molar-refractivity contribution in [1.82, 2.24) is 0 Å². The summed E-state index contributed by atoms with van der Waals surface area (Å²) in [5.74, 6) is 3.50. The van der Waals surface area contributed by atoms with Gasteiger partial charge < -0.3 is 0 Å². The van der Waals surface area contributed by atoms with Gasteiger partial charge in [-0.1, -0.05) is 0 Å². The Morgan fingerprint density at radius 1 is 1.20 bits per heavy atom. The van der Waals surface area contributed by atoms with Gasteiger partial charge in [-0.2, -0.15) is 0 Å². The van der Waals surface area contributed by atoms with Crippen molar-refractivity contribution in [2.45, 2.75) is 25.7 Å². The van der Waals surface area contributed by atoms with E-state index in [-0.39, 0.29) is 0 Å². The zero-order chi connectivity index (χ0) is 6.72. The van der Waals surface area contributed by atoms with E-state index in [4.69, 9.17) is 0 Å². The van der Waals surface area contributed by atoms with Crippen LogP contribution in [0.5, 0.6) is 0 Å². The van der Waals surface area contributed by atoms with Gasteiger partial charge in [-0.3, -0.25) is 4.79 Å². The maximum atomic E-state index is 11.4. The predicted octanol–water partition coefficient (Wildman–Crippen LogP) is 1.62. The quantitative estimate of drug-likeness (QED) is 0.494. The van der Waals surface area contributed by atoms with Crippen LogP contribution in [0.1, 0.15) is 25.7 Å². The summed E-state index contributed by atoms with van der Waals surface area (Å²) in [5, 5.41) is 0. The van der Waals surface area contributed by atoms with Crippen LogP contribution in [-0.2, 0) is 4.79 Å². The van der Waals surface area contributed by atoms with Gasteiger partial charge in [-0.25, -0.2) is 0 Å². The van der Waals surface area contributed by atoms with Crippen LogP contribution in [0, 0.1) is 23.7 Å². The van der Waals surface area contributed by atoms with Crippen LogP contribution in [0.3, 0.4) is 0 Å². The van der Waals surface area contributed by atoms with Crippen LogP contribution in [0.4, 0.5) is 0 Å². The van der Waals surface area contributed by atoms with E-state index in [0.717, 1.165) is 11.8 Å². The molecule has 3 aliphatic rings. The molecule has 0 radical (unpaired) electrons. The van der Waals surface area contributed by atoms with Crippen LogP contribution < -0.4 is 0 Å². The fourth-order valence-electron chi connectivity index (χ4n) is 3.03. The SMILES string of the molecule is O=C1[C@H]2CC[C@H](C2)[C@H]2C[C@@H]12. The first-order valence-electron chi connectivity index (χ1n) is 4.40. The lowest BCUT2D eigenvalue weighted by atomic mass is 9.88. The second-order valence-electron chi connectivity index (χ2n) is 4.18. The largest absolute Gasteiger partial charge is 0.299 e. The molecule has 0 aromatic heterocycles. The summed E-state index contributed by atoms with van der Waals surface area (Å²) in [5.41, 5.74) is 0. The predicted molar refractivity (Wildman–Crippen MR) is 37.4 cm³/mol. The van der Waals surface area contributed by atoms with Gasteiger partial charge in [0.25, 0.3) is 0 Å². The summed E-state index contributed by atoms with van der Waals surface area (Å²) in [6.45, 7) is 0. The van der Waals surface area contributed by atoms with Crippen LogP contribution in [0.15, 0.2) is 0 Å². The van der Waals surface area contributed by atoms with Crippen LogP contribution in [0.25, 0.3) is 0 Å². The summed E-state index contributed by atoms with van der Waals surface area (Å²) < 4.78 is 0. The molecule has 4 atom stereocenters. The molecule has 0 amide bonds. The molecule has 3 saturated carbocycles. The molecule has 0 spiro atoms. The van der Waals surface area contributed by atoms with Crippen LogP contribution in [0.2, 0.25) is 0 Å². The minimum absolute atomic E-state index is 0.508. The molecule has 1 nitrogen and oxygen atoms in total. The van der Waals surface area contributed by atoms with Crippen molar-refractivity contribution in [3.05, 3.63) is 0 Å². The second-order valence-corrected chi connectivity index (χ2v) is 4.18. The molecule has 0 aliphatic heterocycles. The fourth-order valence-corrected chi connectivity index (χ4v) is 3.03. The maximum Gasteiger partial charge on any atom is 0.139 e. The third-order valence-electron chi connectivity index (χ3n) is 3.69. The average Bonchev–Trinajstić information content (AvgIpc) is 2.61. The summed E-state index contributed by atoms with van der Waals surface area (Å²) >= 11 is 0. The van der Waals surface area contributed by atoms with Crippen molar-refractivity contribution in [3.63, 3.8) is 0 Å². The summed E-state index contributed by atoms with van der Waals surface area (Å²) in [6.07, 6.45) is 5.08. The summed E-state index contributed by atoms with van der Waals surface area (Å²) in [4.78, 5) is 11.4. The standard InChI is InChI=1S/C9H12O/c10-9-6-2-1-5(3-6)7-4-8(7)9/h5-8H,1-4H2/t5-,6+,7-,8-/m1/s1. The Hall–Kier alpha value is -0.330. The van der Waals surface area contributed by atoms with E-state index in [2.05, 4.69) is 0 Å². The zero-order valence-corrected chi connectivity index (χ0v) is 6.05. The Labute approximate surface area is 60.8 Å². The Morgan fingerprint density at radius 2 is 2.10 bits per heavy atom. The third kappa shape index (κ3) is 0.480. The van der Waals surface area contributed by atoms with Crippen molar-refractivity contribution in [1.29, 1.82) is 0 Å². The number of hydrogen-bond donors (Lipinski definition) is 0. The third-order valence-corrected chi connectivity index (χ3v) is 3.69. The smallest absolute Gasteiger partial charge is 0.139 e. The zero-order valence-electron chi connectivity index (χ0n) is 6.05.